The molecule has 0 saturated carbocycles. The van der Waals surface area contributed by atoms with Gasteiger partial charge in [0.15, 0.2) is 0 Å². The predicted molar refractivity (Wildman–Crippen MR) is 241 cm³/mol. The number of rotatable bonds is 46. The molecular weight excluding hydrogens is 695 g/mol. The van der Waals surface area contributed by atoms with E-state index in [9.17, 15) is 19.8 Å². The maximum Gasteiger partial charge on any atom is 0.306 e. The average Bonchev–Trinajstić information content (AvgIpc) is 3.19. The molecule has 0 aliphatic rings. The Morgan fingerprint density at radius 3 is 1.09 bits per heavy atom. The molecule has 0 aliphatic carbocycles. The van der Waals surface area contributed by atoms with Crippen LogP contribution in [0.15, 0.2) is 0 Å². The number of esters is 1. The van der Waals surface area contributed by atoms with Gasteiger partial charge in [0.05, 0.1) is 25.2 Å². The molecule has 1 amide bonds. The Labute approximate surface area is 349 Å². The molecule has 0 bridgehead atoms. The quantitative estimate of drug-likeness (QED) is 0.0421. The maximum absolute atomic E-state index is 13.1. The fourth-order valence-electron chi connectivity index (χ4n) is 8.08. The Morgan fingerprint density at radius 2 is 0.750 bits per heavy atom. The van der Waals surface area contributed by atoms with Gasteiger partial charge in [-0.1, -0.05) is 245 Å². The molecule has 0 saturated heterocycles. The van der Waals surface area contributed by atoms with Crippen molar-refractivity contribution in [2.24, 2.45) is 0 Å². The molecule has 6 nitrogen and oxygen atoms in total. The first-order chi connectivity index (χ1) is 27.5. The van der Waals surface area contributed by atoms with Gasteiger partial charge in [-0.25, -0.2) is 0 Å². The summed E-state index contributed by atoms with van der Waals surface area (Å²) in [7, 11) is 0. The Hall–Kier alpha value is -1.14. The Balaban J connectivity index is 4.30. The van der Waals surface area contributed by atoms with E-state index >= 15 is 0 Å². The summed E-state index contributed by atoms with van der Waals surface area (Å²) in [6, 6.07) is -0.690. The minimum atomic E-state index is -0.777. The van der Waals surface area contributed by atoms with Gasteiger partial charge in [-0.05, 0) is 25.7 Å². The molecule has 0 fully saturated rings. The molecule has 334 valence electrons. The zero-order valence-corrected chi connectivity index (χ0v) is 38.0. The molecule has 0 aromatic rings. The molecule has 0 heterocycles. The zero-order chi connectivity index (χ0) is 41.0. The van der Waals surface area contributed by atoms with Crippen LogP contribution in [0, 0.1) is 0 Å². The van der Waals surface area contributed by atoms with Gasteiger partial charge in [-0.15, -0.1) is 0 Å². The summed E-state index contributed by atoms with van der Waals surface area (Å²) >= 11 is 0. The van der Waals surface area contributed by atoms with Crippen molar-refractivity contribution in [1.29, 1.82) is 0 Å². The number of carbonyl (C=O) groups is 2. The highest BCUT2D eigenvalue weighted by molar-refractivity contribution is 5.77. The molecule has 6 heteroatoms. The molecule has 3 atom stereocenters. The minimum Gasteiger partial charge on any atom is -0.462 e. The standard InChI is InChI=1S/C50H99NO5/c1-4-7-10-13-16-18-20-22-23-24-25-26-27-29-31-34-37-40-43-50(55)56-46(41-38-35-32-15-12-9-6-3)44-49(54)51-47(45-52)48(53)42-39-36-33-30-28-21-19-17-14-11-8-5-2/h46-48,52-53H,4-45H2,1-3H3,(H,51,54). The zero-order valence-electron chi connectivity index (χ0n) is 38.0. The highest BCUT2D eigenvalue weighted by Gasteiger charge is 2.24. The van der Waals surface area contributed by atoms with E-state index in [-0.39, 0.29) is 24.9 Å². The summed E-state index contributed by atoms with van der Waals surface area (Å²) in [4.78, 5) is 26.0. The number of amides is 1. The predicted octanol–water partition coefficient (Wildman–Crippen LogP) is 14.8. The van der Waals surface area contributed by atoms with Crippen LogP contribution >= 0.6 is 0 Å². The lowest BCUT2D eigenvalue weighted by Crippen LogP contribution is -2.46. The number of hydrogen-bond acceptors (Lipinski definition) is 5. The molecule has 0 aromatic carbocycles. The van der Waals surface area contributed by atoms with Crippen LogP contribution in [0.5, 0.6) is 0 Å². The van der Waals surface area contributed by atoms with Gasteiger partial charge in [0.1, 0.15) is 6.10 Å². The molecule has 0 aliphatic heterocycles. The van der Waals surface area contributed by atoms with Crippen LogP contribution in [0.3, 0.4) is 0 Å². The van der Waals surface area contributed by atoms with Crippen LogP contribution in [0.25, 0.3) is 0 Å². The molecule has 3 N–H and O–H groups in total. The third kappa shape index (κ3) is 39.7. The number of hydrogen-bond donors (Lipinski definition) is 3. The van der Waals surface area contributed by atoms with Gasteiger partial charge in [0.2, 0.25) is 5.91 Å². The molecule has 0 spiro atoms. The largest absolute Gasteiger partial charge is 0.462 e. The number of unbranched alkanes of at least 4 members (excludes halogenated alkanes) is 34. The summed E-state index contributed by atoms with van der Waals surface area (Å²) < 4.78 is 5.90. The Kier molecular flexibility index (Phi) is 44.0. The van der Waals surface area contributed by atoms with Crippen LogP contribution < -0.4 is 5.32 Å². The van der Waals surface area contributed by atoms with E-state index in [0.29, 0.717) is 19.3 Å². The highest BCUT2D eigenvalue weighted by Crippen LogP contribution is 2.18. The van der Waals surface area contributed by atoms with Crippen molar-refractivity contribution >= 4 is 11.9 Å². The van der Waals surface area contributed by atoms with Crippen LogP contribution in [0.1, 0.15) is 284 Å². The van der Waals surface area contributed by atoms with Gasteiger partial charge in [-0.3, -0.25) is 9.59 Å². The second kappa shape index (κ2) is 45.0. The van der Waals surface area contributed by atoms with E-state index in [1.165, 1.54) is 199 Å². The molecular formula is C50H99NO5. The Morgan fingerprint density at radius 1 is 0.446 bits per heavy atom. The lowest BCUT2D eigenvalue weighted by molar-refractivity contribution is -0.151. The number of ether oxygens (including phenoxy) is 1. The lowest BCUT2D eigenvalue weighted by Gasteiger charge is -2.24. The molecule has 0 radical (unpaired) electrons. The highest BCUT2D eigenvalue weighted by atomic mass is 16.5. The number of carbonyl (C=O) groups excluding carboxylic acids is 2. The first-order valence-electron chi connectivity index (χ1n) is 25.3. The van der Waals surface area contributed by atoms with E-state index in [1.807, 2.05) is 0 Å². The van der Waals surface area contributed by atoms with Crippen LogP contribution in [0.4, 0.5) is 0 Å². The van der Waals surface area contributed by atoms with Crippen molar-refractivity contribution in [1.82, 2.24) is 5.32 Å². The second-order valence-corrected chi connectivity index (χ2v) is 17.6. The van der Waals surface area contributed by atoms with Gasteiger partial charge in [-0.2, -0.15) is 0 Å². The summed E-state index contributed by atoms with van der Waals surface area (Å²) in [5, 5.41) is 23.6. The van der Waals surface area contributed by atoms with Gasteiger partial charge < -0.3 is 20.3 Å². The van der Waals surface area contributed by atoms with Crippen LogP contribution in [-0.4, -0.2) is 46.9 Å². The fourth-order valence-corrected chi connectivity index (χ4v) is 8.08. The smallest absolute Gasteiger partial charge is 0.306 e. The fraction of sp³-hybridized carbons (Fsp3) is 0.960. The molecule has 3 unspecified atom stereocenters. The molecule has 0 rings (SSSR count). The average molecular weight is 794 g/mol. The van der Waals surface area contributed by atoms with E-state index in [0.717, 1.165) is 38.5 Å². The van der Waals surface area contributed by atoms with Crippen molar-refractivity contribution in [3.05, 3.63) is 0 Å². The van der Waals surface area contributed by atoms with Crippen molar-refractivity contribution in [3.63, 3.8) is 0 Å². The van der Waals surface area contributed by atoms with E-state index < -0.39 is 18.2 Å². The number of nitrogens with one attached hydrogen (secondary N) is 1. The summed E-state index contributed by atoms with van der Waals surface area (Å²) in [5.41, 5.74) is 0. The minimum absolute atomic E-state index is 0.0858. The monoisotopic (exact) mass is 794 g/mol. The van der Waals surface area contributed by atoms with E-state index in [2.05, 4.69) is 26.1 Å². The van der Waals surface area contributed by atoms with Crippen LogP contribution in [-0.2, 0) is 14.3 Å². The number of aliphatic hydroxyl groups excluding tert-OH is 2. The van der Waals surface area contributed by atoms with Gasteiger partial charge in [0.25, 0.3) is 0 Å². The first-order valence-corrected chi connectivity index (χ1v) is 25.3. The maximum atomic E-state index is 13.1. The Bertz CT molecular complexity index is 806. The van der Waals surface area contributed by atoms with Gasteiger partial charge in [0, 0.05) is 6.42 Å². The first kappa shape index (κ1) is 54.9. The normalized spacial score (nSPS) is 13.2. The van der Waals surface area contributed by atoms with Crippen LogP contribution in [0.2, 0.25) is 0 Å². The molecule has 0 aromatic heterocycles. The lowest BCUT2D eigenvalue weighted by atomic mass is 10.0. The van der Waals surface area contributed by atoms with E-state index in [4.69, 9.17) is 4.74 Å². The summed E-state index contributed by atoms with van der Waals surface area (Å²) in [6.07, 6.45) is 47.5. The second-order valence-electron chi connectivity index (χ2n) is 17.6. The topological polar surface area (TPSA) is 95.9 Å². The van der Waals surface area contributed by atoms with Crippen molar-refractivity contribution < 1.29 is 24.5 Å². The summed E-state index contributed by atoms with van der Waals surface area (Å²) in [5.74, 6) is -0.459. The SMILES string of the molecule is CCCCCCCCCCCCCCCCCCCCC(=O)OC(CCCCCCCCC)CC(=O)NC(CO)C(O)CCCCCCCCCCCCCC. The van der Waals surface area contributed by atoms with Crippen molar-refractivity contribution in [2.75, 3.05) is 6.61 Å². The van der Waals surface area contributed by atoms with Crippen molar-refractivity contribution in [2.45, 2.75) is 302 Å². The van der Waals surface area contributed by atoms with Crippen molar-refractivity contribution in [3.8, 4) is 0 Å². The third-order valence-corrected chi connectivity index (χ3v) is 11.9. The third-order valence-electron chi connectivity index (χ3n) is 11.9. The van der Waals surface area contributed by atoms with E-state index in [1.54, 1.807) is 0 Å². The summed E-state index contributed by atoms with van der Waals surface area (Å²) in [6.45, 7) is 6.47. The number of aliphatic hydroxyl groups is 2. The van der Waals surface area contributed by atoms with Gasteiger partial charge >= 0.3 is 5.97 Å². The molecule has 56 heavy (non-hydrogen) atoms.